The zero-order valence-electron chi connectivity index (χ0n) is 31.8. The van der Waals surface area contributed by atoms with Crippen molar-refractivity contribution in [3.63, 3.8) is 0 Å². The standard InChI is InChI=1S/C53H45N3/c1-2-44-51(40-22-11-5-12-23-40)55-53(56-52(44)41-24-13-6-14-25-41)42-32-30-37(31-33-42)45-34-35-46(48-28-16-15-27-47(45)48)43-26-17-29-49(38-18-7-3-8-19-38)54-50(36-43)39-20-9-4-10-21-39/h3-16,18-25,27-28,30-36,44,49,51H,2,17,26,29H2,1H3/b43-36+,54-50?. The largest absolute Gasteiger partial charge is 0.277 e. The molecule has 0 fully saturated rings. The van der Waals surface area contributed by atoms with Crippen molar-refractivity contribution in [2.75, 3.05) is 0 Å². The third kappa shape index (κ3) is 7.21. The van der Waals surface area contributed by atoms with Gasteiger partial charge in [0.2, 0.25) is 0 Å². The summed E-state index contributed by atoms with van der Waals surface area (Å²) in [5.74, 6) is 0.983. The van der Waals surface area contributed by atoms with Gasteiger partial charge in [-0.1, -0.05) is 189 Å². The van der Waals surface area contributed by atoms with E-state index in [0.29, 0.717) is 0 Å². The van der Waals surface area contributed by atoms with Gasteiger partial charge in [-0.15, -0.1) is 0 Å². The van der Waals surface area contributed by atoms with Gasteiger partial charge in [0.15, 0.2) is 5.84 Å². The van der Waals surface area contributed by atoms with Crippen molar-refractivity contribution >= 4 is 33.6 Å². The lowest BCUT2D eigenvalue weighted by molar-refractivity contribution is 0.532. The van der Waals surface area contributed by atoms with E-state index in [0.717, 1.165) is 59.6 Å². The molecule has 2 aliphatic heterocycles. The van der Waals surface area contributed by atoms with Crippen LogP contribution in [0.5, 0.6) is 0 Å². The highest BCUT2D eigenvalue weighted by Gasteiger charge is 2.31. The van der Waals surface area contributed by atoms with E-state index in [1.54, 1.807) is 0 Å². The highest BCUT2D eigenvalue weighted by molar-refractivity contribution is 6.16. The van der Waals surface area contributed by atoms with Crippen LogP contribution in [-0.2, 0) is 0 Å². The van der Waals surface area contributed by atoms with Crippen molar-refractivity contribution in [2.45, 2.75) is 44.7 Å². The summed E-state index contributed by atoms with van der Waals surface area (Å²) in [5, 5.41) is 2.51. The summed E-state index contributed by atoms with van der Waals surface area (Å²) in [6, 6.07) is 65.2. The molecule has 0 bridgehead atoms. The van der Waals surface area contributed by atoms with Crippen LogP contribution in [0.15, 0.2) is 203 Å². The number of nitrogens with zero attached hydrogens (tertiary/aromatic N) is 3. The van der Waals surface area contributed by atoms with Gasteiger partial charge >= 0.3 is 0 Å². The van der Waals surface area contributed by atoms with Crippen LogP contribution >= 0.6 is 0 Å². The molecule has 3 heteroatoms. The van der Waals surface area contributed by atoms with E-state index in [1.807, 2.05) is 0 Å². The first-order valence-electron chi connectivity index (χ1n) is 20.0. The van der Waals surface area contributed by atoms with Crippen molar-refractivity contribution in [2.24, 2.45) is 20.9 Å². The van der Waals surface area contributed by atoms with Crippen LogP contribution in [0, 0.1) is 5.92 Å². The summed E-state index contributed by atoms with van der Waals surface area (Å²) < 4.78 is 0. The molecule has 272 valence electrons. The van der Waals surface area contributed by atoms with Crippen LogP contribution in [0.1, 0.15) is 78.1 Å². The monoisotopic (exact) mass is 723 g/mol. The van der Waals surface area contributed by atoms with E-state index in [-0.39, 0.29) is 18.0 Å². The molecule has 2 aliphatic rings. The summed E-state index contributed by atoms with van der Waals surface area (Å²) >= 11 is 0. The molecular weight excluding hydrogens is 679 g/mol. The van der Waals surface area contributed by atoms with Gasteiger partial charge in [-0.3, -0.25) is 9.98 Å². The van der Waals surface area contributed by atoms with Crippen molar-refractivity contribution in [3.05, 3.63) is 221 Å². The van der Waals surface area contributed by atoms with Gasteiger partial charge in [0.25, 0.3) is 0 Å². The van der Waals surface area contributed by atoms with Gasteiger partial charge < -0.3 is 0 Å². The summed E-state index contributed by atoms with van der Waals surface area (Å²) in [7, 11) is 0. The maximum atomic E-state index is 5.42. The molecule has 9 rings (SSSR count). The van der Waals surface area contributed by atoms with Gasteiger partial charge in [0.05, 0.1) is 23.5 Å². The lowest BCUT2D eigenvalue weighted by atomic mass is 9.83. The topological polar surface area (TPSA) is 37.1 Å². The van der Waals surface area contributed by atoms with E-state index < -0.39 is 0 Å². The minimum Gasteiger partial charge on any atom is -0.277 e. The molecule has 0 N–H and O–H groups in total. The molecule has 0 saturated heterocycles. The molecule has 0 spiro atoms. The Morgan fingerprint density at radius 2 is 1.05 bits per heavy atom. The van der Waals surface area contributed by atoms with E-state index in [9.17, 15) is 0 Å². The van der Waals surface area contributed by atoms with E-state index in [4.69, 9.17) is 15.0 Å². The second-order valence-corrected chi connectivity index (χ2v) is 14.8. The Hall–Kier alpha value is -6.45. The Bertz CT molecular complexity index is 2570. The average molecular weight is 724 g/mol. The number of rotatable bonds is 8. The van der Waals surface area contributed by atoms with Gasteiger partial charge in [0, 0.05) is 11.5 Å². The van der Waals surface area contributed by atoms with Crippen LogP contribution < -0.4 is 0 Å². The van der Waals surface area contributed by atoms with Crippen molar-refractivity contribution in [1.82, 2.24) is 0 Å². The average Bonchev–Trinajstić information content (AvgIpc) is 3.27. The minimum absolute atomic E-state index is 0.000615. The van der Waals surface area contributed by atoms with Gasteiger partial charge in [-0.25, -0.2) is 4.99 Å². The Balaban J connectivity index is 1.09. The van der Waals surface area contributed by atoms with Crippen molar-refractivity contribution in [1.29, 1.82) is 0 Å². The Labute approximate surface area is 330 Å². The smallest absolute Gasteiger partial charge is 0.155 e. The molecule has 56 heavy (non-hydrogen) atoms. The molecular formula is C53H45N3. The molecule has 2 heterocycles. The highest BCUT2D eigenvalue weighted by Crippen LogP contribution is 2.39. The first kappa shape index (κ1) is 35.3. The maximum Gasteiger partial charge on any atom is 0.155 e. The molecule has 0 saturated carbocycles. The first-order valence-corrected chi connectivity index (χ1v) is 20.0. The highest BCUT2D eigenvalue weighted by atomic mass is 15.0. The number of hydrogen-bond donors (Lipinski definition) is 0. The summed E-state index contributed by atoms with van der Waals surface area (Å²) in [4.78, 5) is 16.0. The molecule has 3 unspecified atom stereocenters. The zero-order chi connectivity index (χ0) is 37.7. The van der Waals surface area contributed by atoms with Gasteiger partial charge in [-0.2, -0.15) is 0 Å². The lowest BCUT2D eigenvalue weighted by Crippen LogP contribution is -2.28. The third-order valence-electron chi connectivity index (χ3n) is 11.4. The SMILES string of the molecule is CCC1C(c2ccccc2)=NC(c2ccc(-c3ccc(/C4=C/C(c5ccccc5)=NC(c5ccccc5)CCC4)c4ccccc34)cc2)=NC1c1ccccc1. The number of aliphatic imine (C=N–C) groups is 3. The number of amidine groups is 1. The fourth-order valence-corrected chi connectivity index (χ4v) is 8.52. The Morgan fingerprint density at radius 1 is 0.500 bits per heavy atom. The van der Waals surface area contributed by atoms with E-state index in [2.05, 4.69) is 195 Å². The van der Waals surface area contributed by atoms with Gasteiger partial charge in [0.1, 0.15) is 0 Å². The second-order valence-electron chi connectivity index (χ2n) is 14.8. The van der Waals surface area contributed by atoms with Crippen LogP contribution in [0.2, 0.25) is 0 Å². The van der Waals surface area contributed by atoms with Crippen molar-refractivity contribution < 1.29 is 0 Å². The molecule has 3 nitrogen and oxygen atoms in total. The van der Waals surface area contributed by atoms with Crippen LogP contribution in [0.25, 0.3) is 27.5 Å². The normalized spacial score (nSPS) is 19.5. The quantitative estimate of drug-likeness (QED) is 0.150. The molecule has 0 aromatic heterocycles. The van der Waals surface area contributed by atoms with E-state index >= 15 is 0 Å². The van der Waals surface area contributed by atoms with E-state index in [1.165, 1.54) is 44.2 Å². The summed E-state index contributed by atoms with van der Waals surface area (Å²) in [6.07, 6.45) is 6.37. The molecule has 0 aliphatic carbocycles. The van der Waals surface area contributed by atoms with Crippen LogP contribution in [0.4, 0.5) is 0 Å². The predicted molar refractivity (Wildman–Crippen MR) is 236 cm³/mol. The lowest BCUT2D eigenvalue weighted by Gasteiger charge is -2.30. The Kier molecular flexibility index (Phi) is 10.1. The fourth-order valence-electron chi connectivity index (χ4n) is 8.52. The molecule has 0 amide bonds. The Morgan fingerprint density at radius 3 is 1.71 bits per heavy atom. The number of benzene rings is 7. The maximum absolute atomic E-state index is 5.42. The molecule has 7 aromatic rings. The van der Waals surface area contributed by atoms with Crippen molar-refractivity contribution in [3.8, 4) is 11.1 Å². The van der Waals surface area contributed by atoms with Crippen LogP contribution in [-0.4, -0.2) is 17.3 Å². The summed E-state index contributed by atoms with van der Waals surface area (Å²) in [5.41, 5.74) is 13.0. The van der Waals surface area contributed by atoms with Gasteiger partial charge in [-0.05, 0) is 87.0 Å². The number of hydrogen-bond acceptors (Lipinski definition) is 3. The molecule has 3 atom stereocenters. The molecule has 7 aromatic carbocycles. The fraction of sp³-hybridized carbons (Fsp3) is 0.151. The minimum atomic E-state index is -0.000615. The first-order chi connectivity index (χ1) is 27.7. The second kappa shape index (κ2) is 16.1. The predicted octanol–water partition coefficient (Wildman–Crippen LogP) is 13.3. The number of allylic oxidation sites excluding steroid dienone is 2. The molecule has 0 radical (unpaired) electrons. The summed E-state index contributed by atoms with van der Waals surface area (Å²) in [6.45, 7) is 2.24. The zero-order valence-corrected chi connectivity index (χ0v) is 31.8. The number of fused-ring (bicyclic) bond motifs is 1. The third-order valence-corrected chi connectivity index (χ3v) is 11.4. The van der Waals surface area contributed by atoms with Crippen LogP contribution in [0.3, 0.4) is 0 Å².